The maximum atomic E-state index is 12.4. The molecule has 3 rings (SSSR count). The number of carbonyl (C=O) groups excluding carboxylic acids is 1. The maximum Gasteiger partial charge on any atom is 0.233 e. The van der Waals surface area contributed by atoms with Gasteiger partial charge < -0.3 is 9.64 Å². The van der Waals surface area contributed by atoms with Crippen molar-refractivity contribution in [1.29, 1.82) is 0 Å². The molecule has 0 aliphatic heterocycles. The average Bonchev–Trinajstić information content (AvgIpc) is 3.17. The Labute approximate surface area is 169 Å². The molecule has 0 N–H and O–H groups in total. The summed E-state index contributed by atoms with van der Waals surface area (Å²) in [5, 5.41) is 9.47. The number of hydrogen-bond acceptors (Lipinski definition) is 5. The molecule has 0 atom stereocenters. The van der Waals surface area contributed by atoms with E-state index in [0.29, 0.717) is 29.8 Å². The molecule has 0 unspecified atom stereocenters. The van der Waals surface area contributed by atoms with E-state index < -0.39 is 0 Å². The molecule has 2 aromatic carbocycles. The van der Waals surface area contributed by atoms with E-state index in [1.54, 1.807) is 7.11 Å². The minimum absolute atomic E-state index is 0.0977. The predicted octanol–water partition coefficient (Wildman–Crippen LogP) is 3.90. The van der Waals surface area contributed by atoms with Gasteiger partial charge in [0.25, 0.3) is 0 Å². The van der Waals surface area contributed by atoms with Crippen LogP contribution in [0.2, 0.25) is 0 Å². The first-order valence-electron chi connectivity index (χ1n) is 9.23. The van der Waals surface area contributed by atoms with E-state index >= 15 is 0 Å². The van der Waals surface area contributed by atoms with E-state index in [4.69, 9.17) is 4.74 Å². The zero-order valence-electron chi connectivity index (χ0n) is 16.3. The van der Waals surface area contributed by atoms with Crippen LogP contribution in [0.3, 0.4) is 0 Å². The van der Waals surface area contributed by atoms with Crippen LogP contribution in [0.1, 0.15) is 13.8 Å². The molecule has 7 heteroatoms. The fourth-order valence-corrected chi connectivity index (χ4v) is 3.77. The molecule has 0 fully saturated rings. The summed E-state index contributed by atoms with van der Waals surface area (Å²) < 4.78 is 7.33. The van der Waals surface area contributed by atoms with Crippen LogP contribution >= 0.6 is 11.8 Å². The molecular formula is C21H24N4O2S. The number of methoxy groups -OCH3 is 1. The molecule has 146 valence electrons. The molecule has 1 aromatic heterocycles. The zero-order chi connectivity index (χ0) is 19.9. The van der Waals surface area contributed by atoms with Gasteiger partial charge in [0, 0.05) is 24.3 Å². The second-order valence-electron chi connectivity index (χ2n) is 6.06. The van der Waals surface area contributed by atoms with E-state index in [-0.39, 0.29) is 5.91 Å². The van der Waals surface area contributed by atoms with Crippen molar-refractivity contribution in [3.63, 3.8) is 0 Å². The topological polar surface area (TPSA) is 60.3 Å². The van der Waals surface area contributed by atoms with Crippen molar-refractivity contribution < 1.29 is 9.53 Å². The summed E-state index contributed by atoms with van der Waals surface area (Å²) in [6.07, 6.45) is 0. The summed E-state index contributed by atoms with van der Waals surface area (Å²) in [5.41, 5.74) is 1.85. The number of para-hydroxylation sites is 1. The minimum atomic E-state index is 0.0977. The Kier molecular flexibility index (Phi) is 6.71. The molecule has 0 radical (unpaired) electrons. The van der Waals surface area contributed by atoms with Crippen LogP contribution in [-0.2, 0) is 4.79 Å². The molecule has 6 nitrogen and oxygen atoms in total. The van der Waals surface area contributed by atoms with Crippen molar-refractivity contribution in [3.05, 3.63) is 54.6 Å². The molecule has 1 amide bonds. The number of benzene rings is 2. The highest BCUT2D eigenvalue weighted by atomic mass is 32.2. The fourth-order valence-electron chi connectivity index (χ4n) is 2.92. The second-order valence-corrected chi connectivity index (χ2v) is 7.01. The molecule has 3 aromatic rings. The maximum absolute atomic E-state index is 12.4. The highest BCUT2D eigenvalue weighted by molar-refractivity contribution is 7.99. The molecule has 0 saturated heterocycles. The zero-order valence-corrected chi connectivity index (χ0v) is 17.1. The van der Waals surface area contributed by atoms with Crippen molar-refractivity contribution in [2.75, 3.05) is 26.0 Å². The van der Waals surface area contributed by atoms with Gasteiger partial charge >= 0.3 is 0 Å². The number of rotatable bonds is 8. The van der Waals surface area contributed by atoms with E-state index in [1.165, 1.54) is 11.8 Å². The van der Waals surface area contributed by atoms with Gasteiger partial charge in [0.2, 0.25) is 5.91 Å². The van der Waals surface area contributed by atoms with E-state index in [0.717, 1.165) is 17.0 Å². The van der Waals surface area contributed by atoms with Crippen molar-refractivity contribution in [2.24, 2.45) is 0 Å². The lowest BCUT2D eigenvalue weighted by molar-refractivity contribution is -0.127. The predicted molar refractivity (Wildman–Crippen MR) is 112 cm³/mol. The first kappa shape index (κ1) is 19.9. The molecule has 0 saturated carbocycles. The lowest BCUT2D eigenvalue weighted by atomic mass is 10.2. The van der Waals surface area contributed by atoms with Crippen LogP contribution in [0.5, 0.6) is 5.75 Å². The first-order chi connectivity index (χ1) is 13.7. The molecule has 28 heavy (non-hydrogen) atoms. The van der Waals surface area contributed by atoms with Crippen molar-refractivity contribution in [2.45, 2.75) is 19.0 Å². The third-order valence-corrected chi connectivity index (χ3v) is 5.33. The quantitative estimate of drug-likeness (QED) is 0.541. The van der Waals surface area contributed by atoms with Crippen LogP contribution in [0.25, 0.3) is 17.1 Å². The van der Waals surface area contributed by atoms with Crippen molar-refractivity contribution in [1.82, 2.24) is 19.7 Å². The highest BCUT2D eigenvalue weighted by Crippen LogP contribution is 2.29. The van der Waals surface area contributed by atoms with Crippen LogP contribution < -0.4 is 4.74 Å². The van der Waals surface area contributed by atoms with Crippen LogP contribution in [0.15, 0.2) is 59.8 Å². The Morgan fingerprint density at radius 3 is 2.50 bits per heavy atom. The molecule has 0 bridgehead atoms. The van der Waals surface area contributed by atoms with Crippen LogP contribution in [0.4, 0.5) is 0 Å². The van der Waals surface area contributed by atoms with Gasteiger partial charge in [-0.05, 0) is 38.1 Å². The number of carbonyl (C=O) groups is 1. The lowest BCUT2D eigenvalue weighted by Crippen LogP contribution is -2.31. The van der Waals surface area contributed by atoms with Gasteiger partial charge in [-0.15, -0.1) is 10.2 Å². The summed E-state index contributed by atoms with van der Waals surface area (Å²) in [4.78, 5) is 14.2. The van der Waals surface area contributed by atoms with Crippen molar-refractivity contribution >= 4 is 17.7 Å². The van der Waals surface area contributed by atoms with Crippen molar-refractivity contribution in [3.8, 4) is 22.8 Å². The van der Waals surface area contributed by atoms with Gasteiger partial charge in [0.05, 0.1) is 12.9 Å². The lowest BCUT2D eigenvalue weighted by Gasteiger charge is -2.18. The molecule has 1 heterocycles. The third kappa shape index (κ3) is 4.36. The largest absolute Gasteiger partial charge is 0.497 e. The van der Waals surface area contributed by atoms with E-state index in [9.17, 15) is 4.79 Å². The fraction of sp³-hybridized carbons (Fsp3) is 0.286. The summed E-state index contributed by atoms with van der Waals surface area (Å²) in [5.74, 6) is 1.89. The summed E-state index contributed by atoms with van der Waals surface area (Å²) in [7, 11) is 1.64. The molecule has 0 aliphatic carbocycles. The molecule has 0 aliphatic rings. The number of hydrogen-bond donors (Lipinski definition) is 0. The second kappa shape index (κ2) is 9.41. The Balaban J connectivity index is 1.97. The first-order valence-corrected chi connectivity index (χ1v) is 10.2. The van der Waals surface area contributed by atoms with Gasteiger partial charge in [0.1, 0.15) is 5.75 Å². The van der Waals surface area contributed by atoms with Crippen LogP contribution in [0, 0.1) is 0 Å². The average molecular weight is 397 g/mol. The molecule has 0 spiro atoms. The number of ether oxygens (including phenoxy) is 1. The SMILES string of the molecule is CCN(CC)C(=O)CSc1nnc(-c2cccc(OC)c2)n1-c1ccccc1. The smallest absolute Gasteiger partial charge is 0.233 e. The Hall–Kier alpha value is -2.80. The summed E-state index contributed by atoms with van der Waals surface area (Å²) >= 11 is 1.40. The van der Waals surface area contributed by atoms with E-state index in [1.807, 2.05) is 77.9 Å². The van der Waals surface area contributed by atoms with Crippen LogP contribution in [-0.4, -0.2) is 51.5 Å². The number of aromatic nitrogens is 3. The van der Waals surface area contributed by atoms with Gasteiger partial charge in [0.15, 0.2) is 11.0 Å². The van der Waals surface area contributed by atoms with Gasteiger partial charge in [-0.2, -0.15) is 0 Å². The summed E-state index contributed by atoms with van der Waals surface area (Å²) in [6.45, 7) is 5.38. The normalized spacial score (nSPS) is 10.7. The number of nitrogens with zero attached hydrogens (tertiary/aromatic N) is 4. The van der Waals surface area contributed by atoms with Gasteiger partial charge in [-0.1, -0.05) is 42.1 Å². The Bertz CT molecular complexity index is 923. The number of thioether (sulfide) groups is 1. The minimum Gasteiger partial charge on any atom is -0.497 e. The monoisotopic (exact) mass is 396 g/mol. The number of amides is 1. The standard InChI is InChI=1S/C21H24N4O2S/c1-4-24(5-2)19(26)15-28-21-23-22-20(16-10-9-13-18(14-16)27-3)25(21)17-11-7-6-8-12-17/h6-14H,4-5,15H2,1-3H3. The van der Waals surface area contributed by atoms with Gasteiger partial charge in [-0.25, -0.2) is 0 Å². The Morgan fingerprint density at radius 2 is 1.82 bits per heavy atom. The highest BCUT2D eigenvalue weighted by Gasteiger charge is 2.18. The molecular weight excluding hydrogens is 372 g/mol. The Morgan fingerprint density at radius 1 is 1.07 bits per heavy atom. The van der Waals surface area contributed by atoms with Gasteiger partial charge in [-0.3, -0.25) is 9.36 Å². The third-order valence-electron chi connectivity index (χ3n) is 4.42. The summed E-state index contributed by atoms with van der Waals surface area (Å²) in [6, 6.07) is 17.6. The van der Waals surface area contributed by atoms with E-state index in [2.05, 4.69) is 10.2 Å².